The Morgan fingerprint density at radius 1 is 1.00 bits per heavy atom. The Morgan fingerprint density at radius 3 is 2.53 bits per heavy atom. The SMILES string of the molecule is Fc1ccc(COc2cccc(Br)c2)cc1F. The molecule has 2 aromatic carbocycles. The molecule has 2 aromatic rings. The van der Waals surface area contributed by atoms with Crippen molar-refractivity contribution in [3.8, 4) is 5.75 Å². The first-order chi connectivity index (χ1) is 8.15. The van der Waals surface area contributed by atoms with Gasteiger partial charge in [0.15, 0.2) is 11.6 Å². The number of hydrogen-bond acceptors (Lipinski definition) is 1. The molecule has 0 heterocycles. The highest BCUT2D eigenvalue weighted by atomic mass is 79.9. The van der Waals surface area contributed by atoms with E-state index in [9.17, 15) is 8.78 Å². The van der Waals surface area contributed by atoms with E-state index < -0.39 is 11.6 Å². The molecule has 0 amide bonds. The van der Waals surface area contributed by atoms with Crippen LogP contribution in [0.5, 0.6) is 5.75 Å². The van der Waals surface area contributed by atoms with E-state index in [0.29, 0.717) is 11.3 Å². The second-order valence-corrected chi connectivity index (χ2v) is 4.41. The Labute approximate surface area is 106 Å². The molecule has 0 aliphatic rings. The van der Waals surface area contributed by atoms with Crippen molar-refractivity contribution in [1.29, 1.82) is 0 Å². The summed E-state index contributed by atoms with van der Waals surface area (Å²) in [4.78, 5) is 0. The van der Waals surface area contributed by atoms with Crippen molar-refractivity contribution < 1.29 is 13.5 Å². The zero-order chi connectivity index (χ0) is 12.3. The van der Waals surface area contributed by atoms with E-state index in [4.69, 9.17) is 4.74 Å². The van der Waals surface area contributed by atoms with Crippen LogP contribution in [0.25, 0.3) is 0 Å². The van der Waals surface area contributed by atoms with Crippen LogP contribution in [-0.4, -0.2) is 0 Å². The summed E-state index contributed by atoms with van der Waals surface area (Å²) in [5, 5.41) is 0. The zero-order valence-electron chi connectivity index (χ0n) is 8.79. The van der Waals surface area contributed by atoms with E-state index in [2.05, 4.69) is 15.9 Å². The monoisotopic (exact) mass is 298 g/mol. The van der Waals surface area contributed by atoms with Gasteiger partial charge in [-0.1, -0.05) is 28.1 Å². The second-order valence-electron chi connectivity index (χ2n) is 3.49. The summed E-state index contributed by atoms with van der Waals surface area (Å²) in [6, 6.07) is 11.0. The van der Waals surface area contributed by atoms with Gasteiger partial charge < -0.3 is 4.74 Å². The fraction of sp³-hybridized carbons (Fsp3) is 0.0769. The minimum Gasteiger partial charge on any atom is -0.489 e. The molecular formula is C13H9BrF2O. The fourth-order valence-corrected chi connectivity index (χ4v) is 1.73. The third-order valence-electron chi connectivity index (χ3n) is 2.19. The standard InChI is InChI=1S/C13H9BrF2O/c14-10-2-1-3-11(7-10)17-8-9-4-5-12(15)13(16)6-9/h1-7H,8H2. The van der Waals surface area contributed by atoms with Crippen LogP contribution in [0.1, 0.15) is 5.56 Å². The van der Waals surface area contributed by atoms with Gasteiger partial charge in [-0.15, -0.1) is 0 Å². The summed E-state index contributed by atoms with van der Waals surface area (Å²) < 4.78 is 32.0. The van der Waals surface area contributed by atoms with Crippen molar-refractivity contribution >= 4 is 15.9 Å². The highest BCUT2D eigenvalue weighted by Crippen LogP contribution is 2.19. The molecule has 0 spiro atoms. The molecule has 0 radical (unpaired) electrons. The highest BCUT2D eigenvalue weighted by molar-refractivity contribution is 9.10. The van der Waals surface area contributed by atoms with Gasteiger partial charge in [0.2, 0.25) is 0 Å². The summed E-state index contributed by atoms with van der Waals surface area (Å²) in [7, 11) is 0. The largest absolute Gasteiger partial charge is 0.489 e. The maximum Gasteiger partial charge on any atom is 0.159 e. The molecule has 0 aromatic heterocycles. The number of halogens is 3. The number of benzene rings is 2. The Kier molecular flexibility index (Phi) is 3.74. The summed E-state index contributed by atoms with van der Waals surface area (Å²) in [6.45, 7) is 0.202. The Morgan fingerprint density at radius 2 is 1.82 bits per heavy atom. The van der Waals surface area contributed by atoms with Crippen LogP contribution in [0.2, 0.25) is 0 Å². The molecular weight excluding hydrogens is 290 g/mol. The van der Waals surface area contributed by atoms with Gasteiger partial charge in [0.25, 0.3) is 0 Å². The van der Waals surface area contributed by atoms with Crippen molar-refractivity contribution in [1.82, 2.24) is 0 Å². The van der Waals surface area contributed by atoms with E-state index in [1.165, 1.54) is 6.07 Å². The van der Waals surface area contributed by atoms with Crippen molar-refractivity contribution in [2.45, 2.75) is 6.61 Å². The topological polar surface area (TPSA) is 9.23 Å². The van der Waals surface area contributed by atoms with Crippen molar-refractivity contribution in [3.05, 3.63) is 64.1 Å². The van der Waals surface area contributed by atoms with Crippen LogP contribution in [-0.2, 0) is 6.61 Å². The van der Waals surface area contributed by atoms with Crippen molar-refractivity contribution in [2.24, 2.45) is 0 Å². The quantitative estimate of drug-likeness (QED) is 0.820. The van der Waals surface area contributed by atoms with E-state index in [0.717, 1.165) is 16.6 Å². The molecule has 4 heteroatoms. The van der Waals surface area contributed by atoms with Gasteiger partial charge in [-0.2, -0.15) is 0 Å². The molecule has 0 fully saturated rings. The van der Waals surface area contributed by atoms with Gasteiger partial charge in [-0.25, -0.2) is 8.78 Å². The molecule has 2 rings (SSSR count). The first-order valence-electron chi connectivity index (χ1n) is 4.97. The van der Waals surface area contributed by atoms with E-state index >= 15 is 0 Å². The second kappa shape index (κ2) is 5.27. The third-order valence-corrected chi connectivity index (χ3v) is 2.68. The summed E-state index contributed by atoms with van der Waals surface area (Å²) >= 11 is 3.32. The zero-order valence-corrected chi connectivity index (χ0v) is 10.4. The highest BCUT2D eigenvalue weighted by Gasteiger charge is 2.03. The van der Waals surface area contributed by atoms with Crippen LogP contribution in [0.15, 0.2) is 46.9 Å². The fourth-order valence-electron chi connectivity index (χ4n) is 1.35. The Hall–Kier alpha value is -1.42. The molecule has 0 unspecified atom stereocenters. The maximum absolute atomic E-state index is 12.9. The van der Waals surface area contributed by atoms with Gasteiger partial charge >= 0.3 is 0 Å². The van der Waals surface area contributed by atoms with E-state index in [-0.39, 0.29) is 6.61 Å². The first-order valence-corrected chi connectivity index (χ1v) is 5.77. The number of rotatable bonds is 3. The predicted molar refractivity (Wildman–Crippen MR) is 64.8 cm³/mol. The van der Waals surface area contributed by atoms with E-state index in [1.807, 2.05) is 12.1 Å². The molecule has 0 aliphatic carbocycles. The first kappa shape index (κ1) is 12.0. The maximum atomic E-state index is 12.9. The van der Waals surface area contributed by atoms with Crippen LogP contribution >= 0.6 is 15.9 Å². The van der Waals surface area contributed by atoms with Crippen molar-refractivity contribution in [3.63, 3.8) is 0 Å². The molecule has 88 valence electrons. The minimum atomic E-state index is -0.861. The van der Waals surface area contributed by atoms with Gasteiger partial charge in [0.1, 0.15) is 12.4 Å². The lowest BCUT2D eigenvalue weighted by Crippen LogP contribution is -1.97. The third kappa shape index (κ3) is 3.27. The molecule has 0 bridgehead atoms. The average molecular weight is 299 g/mol. The molecule has 17 heavy (non-hydrogen) atoms. The lowest BCUT2D eigenvalue weighted by atomic mass is 10.2. The summed E-state index contributed by atoms with van der Waals surface area (Å²) in [6.07, 6.45) is 0. The van der Waals surface area contributed by atoms with E-state index in [1.54, 1.807) is 12.1 Å². The van der Waals surface area contributed by atoms with Gasteiger partial charge in [0, 0.05) is 4.47 Å². The smallest absolute Gasteiger partial charge is 0.159 e. The van der Waals surface area contributed by atoms with Crippen LogP contribution < -0.4 is 4.74 Å². The van der Waals surface area contributed by atoms with Crippen LogP contribution in [0.3, 0.4) is 0 Å². The lowest BCUT2D eigenvalue weighted by Gasteiger charge is -2.06. The van der Waals surface area contributed by atoms with Crippen LogP contribution in [0, 0.1) is 11.6 Å². The van der Waals surface area contributed by atoms with Crippen LogP contribution in [0.4, 0.5) is 8.78 Å². The molecule has 0 atom stereocenters. The van der Waals surface area contributed by atoms with Gasteiger partial charge in [-0.05, 0) is 35.9 Å². The Bertz CT molecular complexity index is 529. The van der Waals surface area contributed by atoms with Gasteiger partial charge in [0.05, 0.1) is 0 Å². The van der Waals surface area contributed by atoms with Crippen molar-refractivity contribution in [2.75, 3.05) is 0 Å². The summed E-state index contributed by atoms with van der Waals surface area (Å²) in [5.74, 6) is -1.04. The Balaban J connectivity index is 2.05. The normalized spacial score (nSPS) is 10.3. The minimum absolute atomic E-state index is 0.202. The molecule has 1 nitrogen and oxygen atoms in total. The molecule has 0 saturated heterocycles. The lowest BCUT2D eigenvalue weighted by molar-refractivity contribution is 0.305. The average Bonchev–Trinajstić information content (AvgIpc) is 2.31. The number of hydrogen-bond donors (Lipinski definition) is 0. The number of ether oxygens (including phenoxy) is 1. The molecule has 0 N–H and O–H groups in total. The molecule has 0 saturated carbocycles. The van der Waals surface area contributed by atoms with Gasteiger partial charge in [-0.3, -0.25) is 0 Å². The summed E-state index contributed by atoms with van der Waals surface area (Å²) in [5.41, 5.74) is 0.587. The molecule has 0 aliphatic heterocycles. The predicted octanol–water partition coefficient (Wildman–Crippen LogP) is 4.31.